The third-order valence-electron chi connectivity index (χ3n) is 4.75. The summed E-state index contributed by atoms with van der Waals surface area (Å²) >= 11 is 6.12. The maximum Gasteiger partial charge on any atom is 0.260 e. The molecule has 1 aliphatic heterocycles. The van der Waals surface area contributed by atoms with Crippen LogP contribution in [0.2, 0.25) is 5.02 Å². The lowest BCUT2D eigenvalue weighted by Gasteiger charge is -2.36. The molecule has 0 spiro atoms. The van der Waals surface area contributed by atoms with E-state index in [1.807, 2.05) is 23.1 Å². The monoisotopic (exact) mass is 386 g/mol. The van der Waals surface area contributed by atoms with Crippen molar-refractivity contribution >= 4 is 29.0 Å². The number of piperazine rings is 1. The zero-order valence-electron chi connectivity index (χ0n) is 15.6. The number of halogens is 1. The maximum atomic E-state index is 12.4. The third-order valence-corrected chi connectivity index (χ3v) is 4.98. The van der Waals surface area contributed by atoms with Crippen molar-refractivity contribution in [2.75, 3.05) is 37.7 Å². The van der Waals surface area contributed by atoms with Gasteiger partial charge in [-0.05, 0) is 43.7 Å². The van der Waals surface area contributed by atoms with Crippen molar-refractivity contribution in [3.05, 3.63) is 58.6 Å². The number of ketones is 1. The molecule has 27 heavy (non-hydrogen) atoms. The van der Waals surface area contributed by atoms with Crippen molar-refractivity contribution < 1.29 is 14.3 Å². The van der Waals surface area contributed by atoms with Crippen molar-refractivity contribution in [2.45, 2.75) is 13.8 Å². The van der Waals surface area contributed by atoms with Gasteiger partial charge in [-0.25, -0.2) is 0 Å². The number of hydrogen-bond acceptors (Lipinski definition) is 4. The van der Waals surface area contributed by atoms with Gasteiger partial charge in [-0.3, -0.25) is 9.59 Å². The van der Waals surface area contributed by atoms with Crippen LogP contribution in [0.25, 0.3) is 0 Å². The molecule has 142 valence electrons. The zero-order chi connectivity index (χ0) is 19.4. The summed E-state index contributed by atoms with van der Waals surface area (Å²) < 4.78 is 5.58. The molecule has 0 aliphatic carbocycles. The van der Waals surface area contributed by atoms with Crippen LogP contribution in [0.1, 0.15) is 22.8 Å². The van der Waals surface area contributed by atoms with E-state index in [0.717, 1.165) is 23.8 Å². The van der Waals surface area contributed by atoms with Crippen LogP contribution in [0.15, 0.2) is 42.5 Å². The topological polar surface area (TPSA) is 49.9 Å². The Morgan fingerprint density at radius 1 is 1.07 bits per heavy atom. The zero-order valence-corrected chi connectivity index (χ0v) is 16.3. The summed E-state index contributed by atoms with van der Waals surface area (Å²) in [4.78, 5) is 27.9. The normalized spacial score (nSPS) is 14.2. The van der Waals surface area contributed by atoms with Gasteiger partial charge in [0.1, 0.15) is 5.75 Å². The van der Waals surface area contributed by atoms with Gasteiger partial charge in [0.15, 0.2) is 12.4 Å². The van der Waals surface area contributed by atoms with Crippen molar-refractivity contribution in [2.24, 2.45) is 0 Å². The highest BCUT2D eigenvalue weighted by Gasteiger charge is 2.22. The molecule has 1 saturated heterocycles. The SMILES string of the molecule is CC(=O)c1cccc(OCC(=O)N2CCN(c3cc(Cl)ccc3C)CC2)c1. The average molecular weight is 387 g/mol. The fraction of sp³-hybridized carbons (Fsp3) is 0.333. The molecule has 0 unspecified atom stereocenters. The van der Waals surface area contributed by atoms with Crippen LogP contribution in [0, 0.1) is 6.92 Å². The summed E-state index contributed by atoms with van der Waals surface area (Å²) in [7, 11) is 0. The number of carbonyl (C=O) groups excluding carboxylic acids is 2. The fourth-order valence-corrected chi connectivity index (χ4v) is 3.33. The van der Waals surface area contributed by atoms with E-state index in [1.165, 1.54) is 12.5 Å². The second-order valence-electron chi connectivity index (χ2n) is 6.67. The Morgan fingerprint density at radius 3 is 2.52 bits per heavy atom. The number of nitrogens with zero attached hydrogens (tertiary/aromatic N) is 2. The van der Waals surface area contributed by atoms with E-state index < -0.39 is 0 Å². The Morgan fingerprint density at radius 2 is 1.81 bits per heavy atom. The lowest BCUT2D eigenvalue weighted by atomic mass is 10.1. The molecule has 2 aromatic carbocycles. The number of Topliss-reactive ketones (excluding diaryl/α,β-unsaturated/α-hetero) is 1. The first kappa shape index (κ1) is 19.2. The standard InChI is InChI=1S/C21H23ClN2O3/c1-15-6-7-18(22)13-20(15)23-8-10-24(11-9-23)21(26)14-27-19-5-3-4-17(12-19)16(2)25/h3-7,12-13H,8-11,14H2,1-2H3. The summed E-state index contributed by atoms with van der Waals surface area (Å²) in [5.74, 6) is 0.453. The number of rotatable bonds is 5. The van der Waals surface area contributed by atoms with Gasteiger partial charge in [0.05, 0.1) is 0 Å². The maximum absolute atomic E-state index is 12.4. The van der Waals surface area contributed by atoms with Crippen molar-refractivity contribution in [1.29, 1.82) is 0 Å². The molecule has 1 fully saturated rings. The second kappa shape index (κ2) is 8.44. The molecule has 0 saturated carbocycles. The molecule has 5 nitrogen and oxygen atoms in total. The molecular weight excluding hydrogens is 364 g/mol. The lowest BCUT2D eigenvalue weighted by Crippen LogP contribution is -2.50. The summed E-state index contributed by atoms with van der Waals surface area (Å²) in [6.07, 6.45) is 0. The molecule has 0 bridgehead atoms. The number of carbonyl (C=O) groups is 2. The number of benzene rings is 2. The highest BCUT2D eigenvalue weighted by molar-refractivity contribution is 6.30. The van der Waals surface area contributed by atoms with Crippen molar-refractivity contribution in [1.82, 2.24) is 4.90 Å². The van der Waals surface area contributed by atoms with E-state index in [-0.39, 0.29) is 18.3 Å². The van der Waals surface area contributed by atoms with Gasteiger partial charge >= 0.3 is 0 Å². The number of hydrogen-bond donors (Lipinski definition) is 0. The van der Waals surface area contributed by atoms with Crippen LogP contribution >= 0.6 is 11.6 Å². The van der Waals surface area contributed by atoms with Gasteiger partial charge in [-0.15, -0.1) is 0 Å². The van der Waals surface area contributed by atoms with Crippen molar-refractivity contribution in [3.8, 4) is 5.75 Å². The van der Waals surface area contributed by atoms with E-state index in [9.17, 15) is 9.59 Å². The van der Waals surface area contributed by atoms with Gasteiger partial charge in [-0.1, -0.05) is 29.8 Å². The number of aryl methyl sites for hydroxylation is 1. The number of amides is 1. The Kier molecular flexibility index (Phi) is 6.01. The van der Waals surface area contributed by atoms with Gasteiger partial charge in [-0.2, -0.15) is 0 Å². The first-order valence-corrected chi connectivity index (χ1v) is 9.34. The predicted octanol–water partition coefficient (Wildman–Crippen LogP) is 3.58. The van der Waals surface area contributed by atoms with Crippen LogP contribution in [0.3, 0.4) is 0 Å². The second-order valence-corrected chi connectivity index (χ2v) is 7.11. The first-order chi connectivity index (χ1) is 12.9. The van der Waals surface area contributed by atoms with Crippen LogP contribution < -0.4 is 9.64 Å². The first-order valence-electron chi connectivity index (χ1n) is 8.97. The van der Waals surface area contributed by atoms with E-state index >= 15 is 0 Å². The minimum Gasteiger partial charge on any atom is -0.484 e. The molecule has 1 heterocycles. The smallest absolute Gasteiger partial charge is 0.260 e. The Labute approximate surface area is 164 Å². The molecule has 0 radical (unpaired) electrons. The molecule has 2 aromatic rings. The van der Waals surface area contributed by atoms with E-state index in [2.05, 4.69) is 11.8 Å². The minimum absolute atomic E-state index is 0.0285. The highest BCUT2D eigenvalue weighted by atomic mass is 35.5. The van der Waals surface area contributed by atoms with Crippen molar-refractivity contribution in [3.63, 3.8) is 0 Å². The highest BCUT2D eigenvalue weighted by Crippen LogP contribution is 2.25. The van der Waals surface area contributed by atoms with Gasteiger partial charge in [0.25, 0.3) is 5.91 Å². The lowest BCUT2D eigenvalue weighted by molar-refractivity contribution is -0.133. The Bertz CT molecular complexity index is 845. The molecule has 3 rings (SSSR count). The quantitative estimate of drug-likeness (QED) is 0.737. The molecule has 1 amide bonds. The van der Waals surface area contributed by atoms with Gasteiger partial charge < -0.3 is 14.5 Å². The van der Waals surface area contributed by atoms with E-state index in [4.69, 9.17) is 16.3 Å². The molecule has 1 aliphatic rings. The molecular formula is C21H23ClN2O3. The van der Waals surface area contributed by atoms with Crippen LogP contribution in [-0.2, 0) is 4.79 Å². The van der Waals surface area contributed by atoms with Gasteiger partial charge in [0.2, 0.25) is 0 Å². The Hall–Kier alpha value is -2.53. The molecule has 6 heteroatoms. The largest absolute Gasteiger partial charge is 0.484 e. The van der Waals surface area contributed by atoms with Crippen LogP contribution in [-0.4, -0.2) is 49.4 Å². The fourth-order valence-electron chi connectivity index (χ4n) is 3.16. The van der Waals surface area contributed by atoms with Crippen LogP contribution in [0.4, 0.5) is 5.69 Å². The summed E-state index contributed by atoms with van der Waals surface area (Å²) in [5.41, 5.74) is 2.87. The predicted molar refractivity (Wildman–Crippen MR) is 107 cm³/mol. The third kappa shape index (κ3) is 4.80. The minimum atomic E-state index is -0.0503. The molecule has 0 aromatic heterocycles. The molecule has 0 N–H and O–H groups in total. The number of ether oxygens (including phenoxy) is 1. The van der Waals surface area contributed by atoms with E-state index in [0.29, 0.717) is 24.4 Å². The number of anilines is 1. The molecule has 0 atom stereocenters. The summed E-state index contributed by atoms with van der Waals surface area (Å²) in [6.45, 7) is 6.33. The van der Waals surface area contributed by atoms with Crippen LogP contribution in [0.5, 0.6) is 5.75 Å². The van der Waals surface area contributed by atoms with Gasteiger partial charge in [0, 0.05) is 42.5 Å². The average Bonchev–Trinajstić information content (AvgIpc) is 2.68. The Balaban J connectivity index is 1.53. The summed E-state index contributed by atoms with van der Waals surface area (Å²) in [6, 6.07) is 12.8. The van der Waals surface area contributed by atoms with E-state index in [1.54, 1.807) is 24.3 Å². The summed E-state index contributed by atoms with van der Waals surface area (Å²) in [5, 5.41) is 0.718.